The highest BCUT2D eigenvalue weighted by atomic mass is 32.2. The summed E-state index contributed by atoms with van der Waals surface area (Å²) in [5, 5.41) is 4.36. The highest BCUT2D eigenvalue weighted by Crippen LogP contribution is 2.42. The summed E-state index contributed by atoms with van der Waals surface area (Å²) in [4.78, 5) is 25.9. The number of nitrogens with zero attached hydrogens (tertiary/aromatic N) is 3. The number of nitrogens with one attached hydrogen (secondary N) is 2. The van der Waals surface area contributed by atoms with Gasteiger partial charge < -0.3 is 10.2 Å². The maximum atomic E-state index is 13.4. The molecule has 2 N–H and O–H groups in total. The van der Waals surface area contributed by atoms with Crippen LogP contribution in [-0.4, -0.2) is 34.9 Å². The molecule has 3 atom stereocenters. The molecule has 0 radical (unpaired) electrons. The summed E-state index contributed by atoms with van der Waals surface area (Å²) in [7, 11) is 0. The third kappa shape index (κ3) is 5.23. The average molecular weight is 470 g/mol. The number of carbonyl (C=O) groups excluding carboxylic acids is 1. The second-order valence-corrected chi connectivity index (χ2v) is 12.5. The Bertz CT molecular complexity index is 977. The fraction of sp³-hybridized carbons (Fsp3) is 0.654. The second kappa shape index (κ2) is 8.97. The molecule has 1 saturated heterocycles. The van der Waals surface area contributed by atoms with Crippen LogP contribution in [0.2, 0.25) is 0 Å². The van der Waals surface area contributed by atoms with E-state index in [0.29, 0.717) is 17.4 Å². The summed E-state index contributed by atoms with van der Waals surface area (Å²) in [6.07, 6.45) is 6.13. The van der Waals surface area contributed by atoms with Crippen molar-refractivity contribution in [3.63, 3.8) is 0 Å². The number of allylic oxidation sites excluding steroid dienone is 1. The predicted molar refractivity (Wildman–Crippen MR) is 139 cm³/mol. The number of hydrogen-bond donors (Lipinski definition) is 2. The molecule has 1 amide bonds. The highest BCUT2D eigenvalue weighted by molar-refractivity contribution is 8.01. The number of rotatable bonds is 0. The van der Waals surface area contributed by atoms with Gasteiger partial charge in [-0.1, -0.05) is 33.8 Å². The van der Waals surface area contributed by atoms with E-state index in [1.54, 1.807) is 0 Å². The van der Waals surface area contributed by atoms with Crippen LogP contribution in [-0.2, 0) is 5.41 Å². The fourth-order valence-electron chi connectivity index (χ4n) is 5.27. The summed E-state index contributed by atoms with van der Waals surface area (Å²) in [5.74, 6) is 2.80. The van der Waals surface area contributed by atoms with Crippen molar-refractivity contribution in [1.29, 1.82) is 0 Å². The van der Waals surface area contributed by atoms with E-state index in [9.17, 15) is 4.79 Å². The van der Waals surface area contributed by atoms with Gasteiger partial charge in [-0.3, -0.25) is 14.5 Å². The van der Waals surface area contributed by atoms with Crippen LogP contribution >= 0.6 is 11.9 Å². The normalized spacial score (nSPS) is 27.9. The first-order chi connectivity index (χ1) is 15.4. The molecule has 4 heterocycles. The fourth-order valence-corrected chi connectivity index (χ4v) is 5.95. The van der Waals surface area contributed by atoms with Gasteiger partial charge in [-0.25, -0.2) is 4.98 Å². The minimum absolute atomic E-state index is 0.0720. The molecule has 7 heteroatoms. The minimum Gasteiger partial charge on any atom is -0.351 e. The lowest BCUT2D eigenvalue weighted by molar-refractivity contribution is 0.0984. The van der Waals surface area contributed by atoms with Crippen molar-refractivity contribution >= 4 is 29.5 Å². The van der Waals surface area contributed by atoms with Gasteiger partial charge in [-0.05, 0) is 64.0 Å². The molecule has 0 aliphatic carbocycles. The number of fused-ring (bicyclic) bond motifs is 6. The monoisotopic (exact) mass is 469 g/mol. The molecular weight excluding hydrogens is 430 g/mol. The number of aromatic nitrogens is 1. The van der Waals surface area contributed by atoms with Crippen LogP contribution in [0.4, 0.5) is 5.82 Å². The Morgan fingerprint density at radius 1 is 1.21 bits per heavy atom. The summed E-state index contributed by atoms with van der Waals surface area (Å²) in [6, 6.07) is 4.23. The van der Waals surface area contributed by atoms with Gasteiger partial charge in [-0.15, -0.1) is 0 Å². The van der Waals surface area contributed by atoms with E-state index in [0.717, 1.165) is 54.6 Å². The first-order valence-corrected chi connectivity index (χ1v) is 13.1. The third-order valence-electron chi connectivity index (χ3n) is 7.18. The largest absolute Gasteiger partial charge is 0.351 e. The minimum atomic E-state index is -0.106. The number of hydrogen-bond acceptors (Lipinski definition) is 6. The Kier molecular flexibility index (Phi) is 6.56. The lowest BCUT2D eigenvalue weighted by Gasteiger charge is -2.34. The van der Waals surface area contributed by atoms with E-state index in [1.807, 2.05) is 12.1 Å². The molecule has 0 saturated carbocycles. The van der Waals surface area contributed by atoms with Crippen molar-refractivity contribution in [1.82, 2.24) is 15.0 Å². The van der Waals surface area contributed by atoms with E-state index >= 15 is 0 Å². The lowest BCUT2D eigenvalue weighted by atomic mass is 9.84. The maximum Gasteiger partial charge on any atom is 0.265 e. The van der Waals surface area contributed by atoms with Crippen molar-refractivity contribution < 1.29 is 4.79 Å². The average Bonchev–Trinajstić information content (AvgIpc) is 3.05. The summed E-state index contributed by atoms with van der Waals surface area (Å²) >= 11 is 1.33. The Hall–Kier alpha value is -2.02. The van der Waals surface area contributed by atoms with Crippen LogP contribution in [0.3, 0.4) is 0 Å². The van der Waals surface area contributed by atoms with E-state index in [4.69, 9.17) is 9.98 Å². The zero-order valence-electron chi connectivity index (χ0n) is 21.2. The van der Waals surface area contributed by atoms with Crippen molar-refractivity contribution in [2.45, 2.75) is 91.1 Å². The molecule has 180 valence electrons. The zero-order chi connectivity index (χ0) is 24.0. The molecule has 3 unspecified atom stereocenters. The smallest absolute Gasteiger partial charge is 0.265 e. The zero-order valence-corrected chi connectivity index (χ0v) is 22.0. The summed E-state index contributed by atoms with van der Waals surface area (Å²) in [6.45, 7) is 16.6. The Morgan fingerprint density at radius 2 is 1.97 bits per heavy atom. The Labute approximate surface area is 203 Å². The van der Waals surface area contributed by atoms with Crippen LogP contribution in [0.15, 0.2) is 28.2 Å². The molecule has 1 fully saturated rings. The van der Waals surface area contributed by atoms with Gasteiger partial charge >= 0.3 is 0 Å². The molecular formula is C26H39N5OS. The molecule has 1 aromatic heterocycles. The van der Waals surface area contributed by atoms with E-state index in [2.05, 4.69) is 69.5 Å². The van der Waals surface area contributed by atoms with E-state index < -0.39 is 0 Å². The quantitative estimate of drug-likeness (QED) is 0.497. The van der Waals surface area contributed by atoms with Crippen LogP contribution in [0, 0.1) is 11.8 Å². The van der Waals surface area contributed by atoms with E-state index in [1.165, 1.54) is 11.9 Å². The van der Waals surface area contributed by atoms with E-state index in [-0.39, 0.29) is 22.9 Å². The van der Waals surface area contributed by atoms with Crippen molar-refractivity contribution in [3.8, 4) is 0 Å². The van der Waals surface area contributed by atoms with Crippen molar-refractivity contribution in [2.24, 2.45) is 16.8 Å². The maximum absolute atomic E-state index is 13.4. The van der Waals surface area contributed by atoms with Crippen molar-refractivity contribution in [2.75, 3.05) is 11.4 Å². The van der Waals surface area contributed by atoms with Gasteiger partial charge in [0.2, 0.25) is 0 Å². The lowest BCUT2D eigenvalue weighted by Crippen LogP contribution is -2.40. The number of amidine groups is 1. The Balaban J connectivity index is 1.77. The van der Waals surface area contributed by atoms with Gasteiger partial charge in [0.15, 0.2) is 0 Å². The number of anilines is 1. The highest BCUT2D eigenvalue weighted by Gasteiger charge is 2.43. The molecule has 3 aliphatic rings. The van der Waals surface area contributed by atoms with Gasteiger partial charge in [-0.2, -0.15) is 0 Å². The topological polar surface area (TPSA) is 69.6 Å². The number of amides is 1. The SMILES string of the molecule is CC1CC(C)C2CN(c3nc(C(C)(C)C)ccc3C(=O)NSC3=CCCC(=N1)N3)C(C)(C)C2. The molecule has 4 bridgehead atoms. The first kappa shape index (κ1) is 24.1. The van der Waals surface area contributed by atoms with Gasteiger partial charge in [0.1, 0.15) is 11.7 Å². The molecule has 0 aromatic carbocycles. The van der Waals surface area contributed by atoms with Crippen LogP contribution in [0.5, 0.6) is 0 Å². The first-order valence-electron chi connectivity index (χ1n) is 12.2. The Morgan fingerprint density at radius 3 is 2.70 bits per heavy atom. The third-order valence-corrected chi connectivity index (χ3v) is 7.96. The molecule has 1 aromatic rings. The number of aliphatic imine (C=N–C) groups is 1. The van der Waals surface area contributed by atoms with Gasteiger partial charge in [0, 0.05) is 47.6 Å². The second-order valence-electron chi connectivity index (χ2n) is 11.6. The van der Waals surface area contributed by atoms with Gasteiger partial charge in [0.25, 0.3) is 5.91 Å². The molecule has 0 spiro atoms. The van der Waals surface area contributed by atoms with Crippen LogP contribution in [0.1, 0.15) is 90.2 Å². The van der Waals surface area contributed by atoms with Crippen LogP contribution in [0.25, 0.3) is 0 Å². The molecule has 33 heavy (non-hydrogen) atoms. The number of carbonyl (C=O) groups is 1. The molecule has 3 aliphatic heterocycles. The summed E-state index contributed by atoms with van der Waals surface area (Å²) < 4.78 is 3.05. The summed E-state index contributed by atoms with van der Waals surface area (Å²) in [5.41, 5.74) is 1.49. The van der Waals surface area contributed by atoms with Gasteiger partial charge in [0.05, 0.1) is 10.6 Å². The predicted octanol–water partition coefficient (Wildman–Crippen LogP) is 5.41. The standard InChI is InChI=1S/C26H39N5OS/c1-16-13-17(2)27-21-9-8-10-22(29-21)33-30-24(32)19-11-12-20(25(3,4)5)28-23(19)31-15-18(16)14-26(31,6)7/h10-12,16-18H,8-9,13-15H2,1-7H3,(H,27,29)(H,30,32). The number of pyridine rings is 1. The van der Waals surface area contributed by atoms with Crippen molar-refractivity contribution in [3.05, 3.63) is 34.5 Å². The molecule has 6 nitrogen and oxygen atoms in total. The molecule has 4 rings (SSSR count). The van der Waals surface area contributed by atoms with Crippen LogP contribution < -0.4 is 14.9 Å².